The van der Waals surface area contributed by atoms with Gasteiger partial charge in [-0.1, -0.05) is 0 Å². The molecule has 5 heteroatoms. The summed E-state index contributed by atoms with van der Waals surface area (Å²) in [6.45, 7) is 5.81. The first-order chi connectivity index (χ1) is 7.24. The lowest BCUT2D eigenvalue weighted by Crippen LogP contribution is -2.32. The van der Waals surface area contributed by atoms with E-state index >= 15 is 0 Å². The predicted molar refractivity (Wildman–Crippen MR) is 78.3 cm³/mol. The van der Waals surface area contributed by atoms with Crippen LogP contribution in [-0.2, 0) is 4.74 Å². The topological polar surface area (TPSA) is 15.7 Å². The molecule has 0 bridgehead atoms. The maximum Gasteiger partial charge on any atom is 0.0600 e. The molecule has 0 aromatic heterocycles. The minimum absolute atomic E-state index is 0.527. The van der Waals surface area contributed by atoms with Gasteiger partial charge in [-0.15, -0.1) is 0 Å². The summed E-state index contributed by atoms with van der Waals surface area (Å²) in [7, 11) is 0. The Morgan fingerprint density at radius 3 is 2.27 bits per heavy atom. The zero-order valence-corrected chi connectivity index (χ0v) is 13.2. The summed E-state index contributed by atoms with van der Waals surface area (Å²) in [5, 5.41) is 0. The number of halogens is 2. The van der Waals surface area contributed by atoms with Crippen LogP contribution in [0.25, 0.3) is 0 Å². The first kappa shape index (κ1) is 12.8. The molecule has 1 unspecified atom stereocenters. The number of rotatable bonds is 3. The van der Waals surface area contributed by atoms with E-state index in [2.05, 4.69) is 52.0 Å². The fourth-order valence-electron chi connectivity index (χ4n) is 2.18. The minimum atomic E-state index is 0.527. The SMILES string of the molecule is IN1CCC(OCC2CCN(I)C2)CC1. The van der Waals surface area contributed by atoms with Gasteiger partial charge in [0.2, 0.25) is 0 Å². The van der Waals surface area contributed by atoms with E-state index in [1.165, 1.54) is 45.4 Å². The van der Waals surface area contributed by atoms with Crippen LogP contribution in [0.4, 0.5) is 0 Å². The van der Waals surface area contributed by atoms with Gasteiger partial charge in [0.15, 0.2) is 0 Å². The fourth-order valence-corrected chi connectivity index (χ4v) is 3.58. The van der Waals surface area contributed by atoms with Crippen molar-refractivity contribution in [2.45, 2.75) is 25.4 Å². The molecule has 0 aliphatic carbocycles. The highest BCUT2D eigenvalue weighted by molar-refractivity contribution is 14.1. The molecule has 2 saturated heterocycles. The lowest BCUT2D eigenvalue weighted by atomic mass is 10.1. The molecule has 0 aromatic carbocycles. The van der Waals surface area contributed by atoms with Gasteiger partial charge in [-0.05, 0) is 25.2 Å². The van der Waals surface area contributed by atoms with E-state index in [-0.39, 0.29) is 0 Å². The molecule has 0 N–H and O–H groups in total. The molecule has 0 saturated carbocycles. The molecule has 2 rings (SSSR count). The Kier molecular flexibility index (Phi) is 5.39. The van der Waals surface area contributed by atoms with Crippen LogP contribution in [-0.4, -0.2) is 45.1 Å². The number of nitrogens with zero attached hydrogens (tertiary/aromatic N) is 2. The number of piperidine rings is 1. The van der Waals surface area contributed by atoms with E-state index in [1.54, 1.807) is 0 Å². The predicted octanol–water partition coefficient (Wildman–Crippen LogP) is 2.49. The smallest absolute Gasteiger partial charge is 0.0600 e. The van der Waals surface area contributed by atoms with E-state index in [0.717, 1.165) is 12.5 Å². The minimum Gasteiger partial charge on any atom is -0.378 e. The van der Waals surface area contributed by atoms with Gasteiger partial charge < -0.3 is 4.74 Å². The molecule has 1 atom stereocenters. The van der Waals surface area contributed by atoms with Crippen molar-refractivity contribution in [3.8, 4) is 0 Å². The van der Waals surface area contributed by atoms with E-state index in [4.69, 9.17) is 4.74 Å². The third-order valence-electron chi connectivity index (χ3n) is 3.19. The van der Waals surface area contributed by atoms with Crippen molar-refractivity contribution < 1.29 is 4.74 Å². The Morgan fingerprint density at radius 2 is 1.67 bits per heavy atom. The van der Waals surface area contributed by atoms with Crippen LogP contribution in [0.15, 0.2) is 0 Å². The van der Waals surface area contributed by atoms with Crippen molar-refractivity contribution in [2.75, 3.05) is 32.8 Å². The van der Waals surface area contributed by atoms with Gasteiger partial charge >= 0.3 is 0 Å². The Bertz CT molecular complexity index is 198. The summed E-state index contributed by atoms with van der Waals surface area (Å²) in [6.07, 6.45) is 4.26. The first-order valence-corrected chi connectivity index (χ1v) is 7.60. The van der Waals surface area contributed by atoms with Crippen LogP contribution >= 0.6 is 45.7 Å². The van der Waals surface area contributed by atoms with Crippen LogP contribution in [0, 0.1) is 5.92 Å². The van der Waals surface area contributed by atoms with Gasteiger partial charge in [-0.25, -0.2) is 6.23 Å². The number of hydrogen-bond acceptors (Lipinski definition) is 3. The molecular formula is C10H18I2N2O. The number of hydrogen-bond donors (Lipinski definition) is 0. The molecule has 15 heavy (non-hydrogen) atoms. The normalized spacial score (nSPS) is 31.2. The average molecular weight is 436 g/mol. The third-order valence-corrected chi connectivity index (χ3v) is 5.03. The maximum absolute atomic E-state index is 6.00. The number of ether oxygens (including phenoxy) is 1. The Morgan fingerprint density at radius 1 is 1.00 bits per heavy atom. The monoisotopic (exact) mass is 436 g/mol. The first-order valence-electron chi connectivity index (χ1n) is 5.67. The molecule has 3 nitrogen and oxygen atoms in total. The molecule has 0 amide bonds. The van der Waals surface area contributed by atoms with E-state index in [9.17, 15) is 0 Å². The van der Waals surface area contributed by atoms with E-state index < -0.39 is 0 Å². The van der Waals surface area contributed by atoms with Crippen molar-refractivity contribution in [3.63, 3.8) is 0 Å². The highest BCUT2D eigenvalue weighted by atomic mass is 127. The molecular weight excluding hydrogens is 418 g/mol. The summed E-state index contributed by atoms with van der Waals surface area (Å²) >= 11 is 4.82. The van der Waals surface area contributed by atoms with Gasteiger partial charge in [0.25, 0.3) is 0 Å². The van der Waals surface area contributed by atoms with Crippen molar-refractivity contribution in [3.05, 3.63) is 0 Å². The molecule has 0 spiro atoms. The van der Waals surface area contributed by atoms with E-state index in [1.807, 2.05) is 0 Å². The van der Waals surface area contributed by atoms with Crippen molar-refractivity contribution in [1.29, 1.82) is 0 Å². The van der Waals surface area contributed by atoms with Crippen molar-refractivity contribution >= 4 is 45.7 Å². The highest BCUT2D eigenvalue weighted by Gasteiger charge is 2.23. The summed E-state index contributed by atoms with van der Waals surface area (Å²) in [4.78, 5) is 0. The van der Waals surface area contributed by atoms with Gasteiger partial charge in [0, 0.05) is 71.9 Å². The van der Waals surface area contributed by atoms with Crippen LogP contribution in [0.3, 0.4) is 0 Å². The van der Waals surface area contributed by atoms with Crippen LogP contribution in [0.5, 0.6) is 0 Å². The Labute approximate surface area is 120 Å². The molecule has 2 aliphatic rings. The highest BCUT2D eigenvalue weighted by Crippen LogP contribution is 2.22. The van der Waals surface area contributed by atoms with Gasteiger partial charge in [0.1, 0.15) is 0 Å². The fraction of sp³-hybridized carbons (Fsp3) is 1.00. The molecule has 2 aliphatic heterocycles. The van der Waals surface area contributed by atoms with Gasteiger partial charge in [-0.2, -0.15) is 0 Å². The molecule has 2 heterocycles. The largest absolute Gasteiger partial charge is 0.378 e. The maximum atomic E-state index is 6.00. The summed E-state index contributed by atoms with van der Waals surface area (Å²) in [5.74, 6) is 0.777. The molecule has 0 aromatic rings. The summed E-state index contributed by atoms with van der Waals surface area (Å²) in [6, 6.07) is 0. The average Bonchev–Trinajstić information content (AvgIpc) is 2.64. The zero-order chi connectivity index (χ0) is 10.7. The van der Waals surface area contributed by atoms with Crippen LogP contribution < -0.4 is 0 Å². The molecule has 88 valence electrons. The van der Waals surface area contributed by atoms with Gasteiger partial charge in [-0.3, -0.25) is 0 Å². The Hall–Kier alpha value is 1.34. The third kappa shape index (κ3) is 4.25. The van der Waals surface area contributed by atoms with E-state index in [0.29, 0.717) is 6.10 Å². The van der Waals surface area contributed by atoms with Crippen molar-refractivity contribution in [2.24, 2.45) is 5.92 Å². The zero-order valence-electron chi connectivity index (χ0n) is 8.87. The Balaban J connectivity index is 1.61. The summed E-state index contributed by atoms with van der Waals surface area (Å²) < 4.78 is 10.7. The second kappa shape index (κ2) is 6.32. The quantitative estimate of drug-likeness (QED) is 0.500. The second-order valence-electron chi connectivity index (χ2n) is 4.47. The van der Waals surface area contributed by atoms with Crippen LogP contribution in [0.1, 0.15) is 19.3 Å². The summed E-state index contributed by atoms with van der Waals surface area (Å²) in [5.41, 5.74) is 0. The lowest BCUT2D eigenvalue weighted by Gasteiger charge is -2.28. The van der Waals surface area contributed by atoms with Crippen LogP contribution in [0.2, 0.25) is 0 Å². The standard InChI is InChI=1S/C10H18I2N2O/c11-13-5-2-10(3-6-13)15-8-9-1-4-14(12)7-9/h9-10H,1-8H2. The lowest BCUT2D eigenvalue weighted by molar-refractivity contribution is 0.00750. The molecule has 2 fully saturated rings. The van der Waals surface area contributed by atoms with Gasteiger partial charge in [0.05, 0.1) is 12.7 Å². The second-order valence-corrected chi connectivity index (χ2v) is 7.20. The van der Waals surface area contributed by atoms with Crippen molar-refractivity contribution in [1.82, 2.24) is 6.23 Å². The molecule has 0 radical (unpaired) electrons.